The predicted octanol–water partition coefficient (Wildman–Crippen LogP) is 0.371. The van der Waals surface area contributed by atoms with Gasteiger partial charge < -0.3 is 10.8 Å². The maximum atomic E-state index is 8.63. The monoisotopic (exact) mass is 267 g/mol. The number of nitrogens with two attached hydrogens (primary N) is 1. The van der Waals surface area contributed by atoms with Crippen LogP contribution in [0.25, 0.3) is 0 Å². The van der Waals surface area contributed by atoms with E-state index >= 15 is 0 Å². The molecule has 1 aromatic heterocycles. The van der Waals surface area contributed by atoms with Gasteiger partial charge in [0.25, 0.3) is 0 Å². The van der Waals surface area contributed by atoms with Crippen LogP contribution in [-0.2, 0) is 6.54 Å². The molecule has 4 nitrogen and oxygen atoms in total. The Hall–Kier alpha value is -0.300. The van der Waals surface area contributed by atoms with Crippen LogP contribution in [-0.4, -0.2) is 21.5 Å². The molecule has 0 aliphatic heterocycles. The second-order valence-electron chi connectivity index (χ2n) is 2.23. The lowest BCUT2D eigenvalue weighted by atomic mass is 10.5. The fourth-order valence-corrected chi connectivity index (χ4v) is 1.23. The zero-order valence-corrected chi connectivity index (χ0v) is 8.37. The second-order valence-corrected chi connectivity index (χ2v) is 3.31. The summed E-state index contributed by atoms with van der Waals surface area (Å²) in [5, 5.41) is 12.7. The van der Waals surface area contributed by atoms with Gasteiger partial charge >= 0.3 is 0 Å². The van der Waals surface area contributed by atoms with Crippen molar-refractivity contribution in [2.75, 3.05) is 12.3 Å². The summed E-state index contributed by atoms with van der Waals surface area (Å²) in [6.07, 6.45) is 0. The number of hydrogen-bond donors (Lipinski definition) is 2. The first-order valence-electron chi connectivity index (χ1n) is 3.26. The third-order valence-electron chi connectivity index (χ3n) is 1.40. The molecule has 0 unspecified atom stereocenters. The normalized spacial score (nSPS) is 10.5. The van der Waals surface area contributed by atoms with E-state index in [-0.39, 0.29) is 6.61 Å². The smallest absolute Gasteiger partial charge is 0.135 e. The lowest BCUT2D eigenvalue weighted by Gasteiger charge is -1.98. The van der Waals surface area contributed by atoms with Crippen molar-refractivity contribution in [2.45, 2.75) is 13.5 Å². The number of nitrogen functional groups attached to an aromatic ring is 1. The molecule has 0 saturated carbocycles. The molecule has 5 heteroatoms. The average molecular weight is 267 g/mol. The van der Waals surface area contributed by atoms with E-state index in [4.69, 9.17) is 10.8 Å². The number of aliphatic hydroxyl groups excluding tert-OH is 1. The van der Waals surface area contributed by atoms with Crippen LogP contribution >= 0.6 is 22.6 Å². The quantitative estimate of drug-likeness (QED) is 0.761. The van der Waals surface area contributed by atoms with Crippen molar-refractivity contribution in [3.63, 3.8) is 0 Å². The number of anilines is 1. The molecule has 1 rings (SSSR count). The van der Waals surface area contributed by atoms with Gasteiger partial charge in [-0.2, -0.15) is 5.10 Å². The molecular formula is C6H10IN3O. The topological polar surface area (TPSA) is 64.1 Å². The van der Waals surface area contributed by atoms with Crippen molar-refractivity contribution in [3.05, 3.63) is 9.26 Å². The Bertz CT molecular complexity index is 259. The molecule has 62 valence electrons. The third kappa shape index (κ3) is 1.64. The summed E-state index contributed by atoms with van der Waals surface area (Å²) in [4.78, 5) is 0. The highest BCUT2D eigenvalue weighted by molar-refractivity contribution is 14.1. The SMILES string of the molecule is Cc1nn(CCO)c(N)c1I. The lowest BCUT2D eigenvalue weighted by Crippen LogP contribution is -2.07. The van der Waals surface area contributed by atoms with Crippen LogP contribution in [0.5, 0.6) is 0 Å². The minimum absolute atomic E-state index is 0.0708. The van der Waals surface area contributed by atoms with Gasteiger partial charge in [0.2, 0.25) is 0 Å². The summed E-state index contributed by atoms with van der Waals surface area (Å²) in [6, 6.07) is 0. The van der Waals surface area contributed by atoms with Gasteiger partial charge in [-0.15, -0.1) is 0 Å². The number of nitrogens with zero attached hydrogens (tertiary/aromatic N) is 2. The number of halogens is 1. The van der Waals surface area contributed by atoms with Crippen molar-refractivity contribution in [1.82, 2.24) is 9.78 Å². The molecule has 1 heterocycles. The largest absolute Gasteiger partial charge is 0.394 e. The molecule has 0 atom stereocenters. The molecule has 1 aromatic rings. The van der Waals surface area contributed by atoms with Crippen molar-refractivity contribution >= 4 is 28.4 Å². The van der Waals surface area contributed by atoms with E-state index in [2.05, 4.69) is 27.7 Å². The molecule has 3 N–H and O–H groups in total. The van der Waals surface area contributed by atoms with Crippen LogP contribution in [0.15, 0.2) is 0 Å². The Labute approximate surface area is 78.5 Å². The van der Waals surface area contributed by atoms with Gasteiger partial charge in [-0.25, -0.2) is 4.68 Å². The number of aromatic nitrogens is 2. The summed E-state index contributed by atoms with van der Waals surface area (Å²) in [5.41, 5.74) is 6.58. The third-order valence-corrected chi connectivity index (χ3v) is 2.74. The molecule has 0 amide bonds. The first-order chi connectivity index (χ1) is 5.16. The Morgan fingerprint density at radius 1 is 1.73 bits per heavy atom. The zero-order chi connectivity index (χ0) is 8.43. The van der Waals surface area contributed by atoms with Crippen LogP contribution in [0.2, 0.25) is 0 Å². The molecule has 0 aromatic carbocycles. The molecule has 11 heavy (non-hydrogen) atoms. The molecule has 0 bridgehead atoms. The zero-order valence-electron chi connectivity index (χ0n) is 6.21. The van der Waals surface area contributed by atoms with Crippen molar-refractivity contribution < 1.29 is 5.11 Å². The van der Waals surface area contributed by atoms with Crippen molar-refractivity contribution in [2.24, 2.45) is 0 Å². The van der Waals surface area contributed by atoms with Gasteiger partial charge in [-0.3, -0.25) is 0 Å². The van der Waals surface area contributed by atoms with Crippen LogP contribution in [0, 0.1) is 10.5 Å². The maximum absolute atomic E-state index is 8.63. The molecule has 0 radical (unpaired) electrons. The molecule has 0 aliphatic carbocycles. The summed E-state index contributed by atoms with van der Waals surface area (Å²) < 4.78 is 2.58. The van der Waals surface area contributed by atoms with Crippen molar-refractivity contribution in [1.29, 1.82) is 0 Å². The van der Waals surface area contributed by atoms with Crippen LogP contribution in [0.1, 0.15) is 5.69 Å². The summed E-state index contributed by atoms with van der Waals surface area (Å²) in [7, 11) is 0. The molecule has 0 saturated heterocycles. The first kappa shape index (κ1) is 8.79. The second kappa shape index (κ2) is 3.40. The van der Waals surface area contributed by atoms with E-state index < -0.39 is 0 Å². The van der Waals surface area contributed by atoms with E-state index in [9.17, 15) is 0 Å². The lowest BCUT2D eigenvalue weighted by molar-refractivity contribution is 0.270. The Morgan fingerprint density at radius 2 is 2.36 bits per heavy atom. The predicted molar refractivity (Wildman–Crippen MR) is 51.2 cm³/mol. The standard InChI is InChI=1S/C6H10IN3O/c1-4-5(7)6(8)10(9-4)2-3-11/h11H,2-3,8H2,1H3. The van der Waals surface area contributed by atoms with Crippen LogP contribution in [0.4, 0.5) is 5.82 Å². The van der Waals surface area contributed by atoms with Crippen molar-refractivity contribution in [3.8, 4) is 0 Å². The minimum Gasteiger partial charge on any atom is -0.394 e. The molecular weight excluding hydrogens is 257 g/mol. The molecule has 0 fully saturated rings. The van der Waals surface area contributed by atoms with E-state index in [0.717, 1.165) is 9.26 Å². The number of aliphatic hydroxyl groups is 1. The highest BCUT2D eigenvalue weighted by Crippen LogP contribution is 2.17. The first-order valence-corrected chi connectivity index (χ1v) is 4.34. The van der Waals surface area contributed by atoms with Crippen LogP contribution in [0.3, 0.4) is 0 Å². The maximum Gasteiger partial charge on any atom is 0.135 e. The Morgan fingerprint density at radius 3 is 2.73 bits per heavy atom. The van der Waals surface area contributed by atoms with E-state index in [1.807, 2.05) is 6.92 Å². The van der Waals surface area contributed by atoms with Gasteiger partial charge in [0.1, 0.15) is 5.82 Å². The number of aryl methyl sites for hydroxylation is 1. The van der Waals surface area contributed by atoms with E-state index in [1.165, 1.54) is 0 Å². The van der Waals surface area contributed by atoms with Crippen LogP contribution < -0.4 is 5.73 Å². The highest BCUT2D eigenvalue weighted by atomic mass is 127. The van der Waals surface area contributed by atoms with Gasteiger partial charge in [0.05, 0.1) is 22.4 Å². The highest BCUT2D eigenvalue weighted by Gasteiger charge is 2.07. The van der Waals surface area contributed by atoms with Gasteiger partial charge in [0.15, 0.2) is 0 Å². The van der Waals surface area contributed by atoms with Gasteiger partial charge in [-0.05, 0) is 29.5 Å². The minimum atomic E-state index is 0.0708. The van der Waals surface area contributed by atoms with E-state index in [0.29, 0.717) is 12.4 Å². The van der Waals surface area contributed by atoms with E-state index in [1.54, 1.807) is 4.68 Å². The molecule has 0 spiro atoms. The van der Waals surface area contributed by atoms with Gasteiger partial charge in [0, 0.05) is 0 Å². The number of rotatable bonds is 2. The van der Waals surface area contributed by atoms with Gasteiger partial charge in [-0.1, -0.05) is 0 Å². The average Bonchev–Trinajstić information content (AvgIpc) is 2.19. The summed E-state index contributed by atoms with van der Waals surface area (Å²) in [5.74, 6) is 0.636. The summed E-state index contributed by atoms with van der Waals surface area (Å²) >= 11 is 2.14. The summed E-state index contributed by atoms with van der Waals surface area (Å²) in [6.45, 7) is 2.43. The number of hydrogen-bond acceptors (Lipinski definition) is 3. The Kier molecular flexibility index (Phi) is 2.72. The fraction of sp³-hybridized carbons (Fsp3) is 0.500. The fourth-order valence-electron chi connectivity index (χ4n) is 0.843. The Balaban J connectivity index is 2.98. The molecule has 0 aliphatic rings.